The van der Waals surface area contributed by atoms with Crippen molar-refractivity contribution in [2.24, 2.45) is 0 Å². The van der Waals surface area contributed by atoms with Crippen molar-refractivity contribution < 1.29 is 13.9 Å². The number of ether oxygens (including phenoxy) is 1. The normalized spacial score (nSPS) is 17.8. The van der Waals surface area contributed by atoms with Crippen molar-refractivity contribution >= 4 is 5.91 Å². The van der Waals surface area contributed by atoms with Crippen molar-refractivity contribution in [3.63, 3.8) is 0 Å². The Morgan fingerprint density at radius 2 is 2.13 bits per heavy atom. The summed E-state index contributed by atoms with van der Waals surface area (Å²) in [5.41, 5.74) is -0.196. The molecule has 3 rings (SSSR count). The van der Waals surface area contributed by atoms with Gasteiger partial charge in [0.15, 0.2) is 5.82 Å². The minimum Gasteiger partial charge on any atom is -0.458 e. The lowest BCUT2D eigenvalue weighted by Crippen LogP contribution is -2.45. The van der Waals surface area contributed by atoms with Gasteiger partial charge in [-0.3, -0.25) is 9.59 Å². The van der Waals surface area contributed by atoms with Crippen LogP contribution in [0.25, 0.3) is 0 Å². The first-order valence-electron chi connectivity index (χ1n) is 7.11. The number of nitrogens with zero attached hydrogens (tertiary/aromatic N) is 4. The maximum atomic E-state index is 12.8. The van der Waals surface area contributed by atoms with Gasteiger partial charge in [-0.05, 0) is 18.9 Å². The first-order chi connectivity index (χ1) is 11.1. The van der Waals surface area contributed by atoms with Gasteiger partial charge in [-0.15, -0.1) is 0 Å². The highest BCUT2D eigenvalue weighted by Crippen LogP contribution is 2.16. The Balaban J connectivity index is 1.65. The van der Waals surface area contributed by atoms with Crippen LogP contribution in [0.2, 0.25) is 0 Å². The highest BCUT2D eigenvalue weighted by Gasteiger charge is 2.27. The topological polar surface area (TPSA) is 101 Å². The monoisotopic (exact) mass is 319 g/mol. The summed E-state index contributed by atoms with van der Waals surface area (Å²) in [6, 6.07) is 2.71. The SMILES string of the molecule is O=C(c1ccc(=O)[nH]n1)N1CCCC(Oc2ncc(F)cn2)C1. The molecule has 0 aromatic carbocycles. The molecule has 0 aliphatic carbocycles. The summed E-state index contributed by atoms with van der Waals surface area (Å²) < 4.78 is 18.4. The third kappa shape index (κ3) is 3.68. The number of halogens is 1. The summed E-state index contributed by atoms with van der Waals surface area (Å²) in [6.45, 7) is 0.921. The quantitative estimate of drug-likeness (QED) is 0.878. The molecular formula is C14H14FN5O3. The van der Waals surface area contributed by atoms with Gasteiger partial charge in [-0.25, -0.2) is 19.5 Å². The van der Waals surface area contributed by atoms with Crippen molar-refractivity contribution in [2.75, 3.05) is 13.1 Å². The van der Waals surface area contributed by atoms with Crippen molar-refractivity contribution in [1.29, 1.82) is 0 Å². The maximum Gasteiger partial charge on any atom is 0.316 e. The lowest BCUT2D eigenvalue weighted by atomic mass is 10.1. The molecule has 9 heteroatoms. The summed E-state index contributed by atoms with van der Waals surface area (Å²) in [5, 5.41) is 5.97. The molecule has 0 spiro atoms. The van der Waals surface area contributed by atoms with E-state index in [9.17, 15) is 14.0 Å². The second kappa shape index (κ2) is 6.51. The van der Waals surface area contributed by atoms with Crippen LogP contribution in [0.1, 0.15) is 23.3 Å². The van der Waals surface area contributed by atoms with Gasteiger partial charge >= 0.3 is 6.01 Å². The van der Waals surface area contributed by atoms with Gasteiger partial charge in [0, 0.05) is 12.6 Å². The van der Waals surface area contributed by atoms with Gasteiger partial charge in [0.1, 0.15) is 11.8 Å². The second-order valence-electron chi connectivity index (χ2n) is 5.12. The predicted molar refractivity (Wildman–Crippen MR) is 76.4 cm³/mol. The number of hydrogen-bond acceptors (Lipinski definition) is 6. The van der Waals surface area contributed by atoms with Crippen molar-refractivity contribution in [1.82, 2.24) is 25.1 Å². The molecule has 1 atom stereocenters. The lowest BCUT2D eigenvalue weighted by molar-refractivity contribution is 0.0509. The predicted octanol–water partition coefficient (Wildman–Crippen LogP) is 0.383. The Hall–Kier alpha value is -2.84. The number of aromatic amines is 1. The molecule has 1 saturated heterocycles. The zero-order chi connectivity index (χ0) is 16.2. The summed E-state index contributed by atoms with van der Waals surface area (Å²) in [5.74, 6) is -0.823. The summed E-state index contributed by atoms with van der Waals surface area (Å²) in [7, 11) is 0. The third-order valence-electron chi connectivity index (χ3n) is 3.43. The first-order valence-corrected chi connectivity index (χ1v) is 7.11. The van der Waals surface area contributed by atoms with E-state index in [1.54, 1.807) is 4.90 Å². The molecule has 0 radical (unpaired) electrons. The number of amides is 1. The van der Waals surface area contributed by atoms with Gasteiger partial charge in [-0.1, -0.05) is 0 Å². The smallest absolute Gasteiger partial charge is 0.316 e. The Labute approximate surface area is 130 Å². The van der Waals surface area contributed by atoms with E-state index < -0.39 is 5.82 Å². The molecule has 0 bridgehead atoms. The third-order valence-corrected chi connectivity index (χ3v) is 3.43. The van der Waals surface area contributed by atoms with Crippen LogP contribution in [0, 0.1) is 5.82 Å². The lowest BCUT2D eigenvalue weighted by Gasteiger charge is -2.32. The molecule has 1 aliphatic heterocycles. The van der Waals surface area contributed by atoms with Crippen LogP contribution in [0.5, 0.6) is 6.01 Å². The number of rotatable bonds is 3. The number of H-pyrrole nitrogens is 1. The van der Waals surface area contributed by atoms with E-state index in [1.807, 2.05) is 0 Å². The second-order valence-corrected chi connectivity index (χ2v) is 5.12. The van der Waals surface area contributed by atoms with Crippen LogP contribution < -0.4 is 10.3 Å². The Morgan fingerprint density at radius 3 is 2.83 bits per heavy atom. The van der Waals surface area contributed by atoms with Crippen LogP contribution in [0.3, 0.4) is 0 Å². The zero-order valence-electron chi connectivity index (χ0n) is 12.1. The van der Waals surface area contributed by atoms with Crippen LogP contribution in [-0.4, -0.2) is 50.2 Å². The molecule has 0 saturated carbocycles. The molecule has 1 unspecified atom stereocenters. The van der Waals surface area contributed by atoms with E-state index in [-0.39, 0.29) is 29.3 Å². The molecule has 3 heterocycles. The maximum absolute atomic E-state index is 12.8. The molecule has 1 fully saturated rings. The Bertz CT molecular complexity index is 728. The van der Waals surface area contributed by atoms with Gasteiger partial charge < -0.3 is 9.64 Å². The highest BCUT2D eigenvalue weighted by atomic mass is 19.1. The van der Waals surface area contributed by atoms with Crippen LogP contribution in [0.15, 0.2) is 29.3 Å². The summed E-state index contributed by atoms with van der Waals surface area (Å²) >= 11 is 0. The number of aromatic nitrogens is 4. The Kier molecular flexibility index (Phi) is 4.26. The molecule has 2 aromatic rings. The van der Waals surface area contributed by atoms with Crippen LogP contribution >= 0.6 is 0 Å². The minimum absolute atomic E-state index is 0.0767. The minimum atomic E-state index is -0.540. The van der Waals surface area contributed by atoms with Crippen molar-refractivity contribution in [3.8, 4) is 6.01 Å². The molecule has 1 amide bonds. The number of carbonyl (C=O) groups excluding carboxylic acids is 1. The molecule has 23 heavy (non-hydrogen) atoms. The van der Waals surface area contributed by atoms with Gasteiger partial charge in [-0.2, -0.15) is 5.10 Å². The summed E-state index contributed by atoms with van der Waals surface area (Å²) in [4.78, 5) is 32.4. The molecular weight excluding hydrogens is 305 g/mol. The first kappa shape index (κ1) is 15.1. The molecule has 1 N–H and O–H groups in total. The van der Waals surface area contributed by atoms with Gasteiger partial charge in [0.25, 0.3) is 11.5 Å². The number of nitrogens with one attached hydrogen (secondary N) is 1. The molecule has 120 valence electrons. The van der Waals surface area contributed by atoms with Crippen LogP contribution in [0.4, 0.5) is 4.39 Å². The molecule has 2 aromatic heterocycles. The van der Waals surface area contributed by atoms with E-state index in [4.69, 9.17) is 4.74 Å². The molecule has 8 nitrogen and oxygen atoms in total. The number of hydrogen-bond donors (Lipinski definition) is 1. The number of likely N-dealkylation sites (tertiary alicyclic amines) is 1. The average Bonchev–Trinajstić information content (AvgIpc) is 2.57. The number of piperidine rings is 1. The van der Waals surface area contributed by atoms with E-state index in [1.165, 1.54) is 12.1 Å². The average molecular weight is 319 g/mol. The fourth-order valence-electron chi connectivity index (χ4n) is 2.35. The van der Waals surface area contributed by atoms with E-state index in [0.717, 1.165) is 25.2 Å². The van der Waals surface area contributed by atoms with Gasteiger partial charge in [0.05, 0.1) is 18.9 Å². The van der Waals surface area contributed by atoms with E-state index >= 15 is 0 Å². The Morgan fingerprint density at radius 1 is 1.35 bits per heavy atom. The van der Waals surface area contributed by atoms with Crippen LogP contribution in [-0.2, 0) is 0 Å². The fraction of sp³-hybridized carbons (Fsp3) is 0.357. The largest absolute Gasteiger partial charge is 0.458 e. The molecule has 1 aliphatic rings. The fourth-order valence-corrected chi connectivity index (χ4v) is 2.35. The van der Waals surface area contributed by atoms with E-state index in [0.29, 0.717) is 13.1 Å². The van der Waals surface area contributed by atoms with Crippen molar-refractivity contribution in [3.05, 3.63) is 46.4 Å². The van der Waals surface area contributed by atoms with Gasteiger partial charge in [0.2, 0.25) is 0 Å². The van der Waals surface area contributed by atoms with E-state index in [2.05, 4.69) is 20.2 Å². The standard InChI is InChI=1S/C14H14FN5O3/c15-9-6-16-14(17-7-9)23-10-2-1-5-20(8-10)13(22)11-3-4-12(21)19-18-11/h3-4,6-7,10H,1-2,5,8H2,(H,19,21). The number of carbonyl (C=O) groups is 1. The summed E-state index contributed by atoms with van der Waals surface area (Å²) in [6.07, 6.45) is 3.27. The van der Waals surface area contributed by atoms with Crippen molar-refractivity contribution in [2.45, 2.75) is 18.9 Å². The highest BCUT2D eigenvalue weighted by molar-refractivity contribution is 5.92. The zero-order valence-corrected chi connectivity index (χ0v) is 12.1.